The molecule has 1 amide bonds. The minimum atomic E-state index is 0.195. The summed E-state index contributed by atoms with van der Waals surface area (Å²) in [5, 5.41) is 3.12. The van der Waals surface area contributed by atoms with Crippen LogP contribution in [0.15, 0.2) is 17.8 Å². The Bertz CT molecular complexity index is 663. The monoisotopic (exact) mass is 332 g/mol. The van der Waals surface area contributed by atoms with E-state index >= 15 is 0 Å². The second kappa shape index (κ2) is 7.25. The zero-order valence-corrected chi connectivity index (χ0v) is 14.7. The Morgan fingerprint density at radius 2 is 2.26 bits per heavy atom. The van der Waals surface area contributed by atoms with Gasteiger partial charge in [-0.3, -0.25) is 4.79 Å². The first-order valence-electron chi connectivity index (χ1n) is 8.44. The highest BCUT2D eigenvalue weighted by molar-refractivity contribution is 7.09. The maximum Gasteiger partial charge on any atom is 0.228 e. The predicted molar refractivity (Wildman–Crippen MR) is 91.7 cm³/mol. The molecular weight excluding hydrogens is 308 g/mol. The largest absolute Gasteiger partial charge is 0.340 e. The molecule has 3 rings (SSSR count). The zero-order valence-electron chi connectivity index (χ0n) is 13.9. The van der Waals surface area contributed by atoms with Gasteiger partial charge < -0.3 is 9.47 Å². The Hall–Kier alpha value is -1.69. The summed E-state index contributed by atoms with van der Waals surface area (Å²) in [5.41, 5.74) is 0.913. The number of hydrogen-bond donors (Lipinski definition) is 0. The first kappa shape index (κ1) is 16.2. The number of carbonyl (C=O) groups is 1. The summed E-state index contributed by atoms with van der Waals surface area (Å²) in [6.07, 6.45) is 8.36. The Morgan fingerprint density at radius 1 is 1.39 bits per heavy atom. The molecule has 2 aromatic heterocycles. The first-order chi connectivity index (χ1) is 11.2. The van der Waals surface area contributed by atoms with Crippen molar-refractivity contribution in [3.8, 4) is 0 Å². The van der Waals surface area contributed by atoms with Gasteiger partial charge in [0, 0.05) is 37.3 Å². The maximum atomic E-state index is 12.6. The van der Waals surface area contributed by atoms with Gasteiger partial charge in [0.15, 0.2) is 0 Å². The smallest absolute Gasteiger partial charge is 0.228 e. The number of nitrogens with zero attached hydrogens (tertiary/aromatic N) is 4. The van der Waals surface area contributed by atoms with Gasteiger partial charge in [0.25, 0.3) is 0 Å². The Kier molecular flexibility index (Phi) is 5.10. The highest BCUT2D eigenvalue weighted by Gasteiger charge is 2.26. The number of rotatable bonds is 5. The van der Waals surface area contributed by atoms with Crippen molar-refractivity contribution in [3.05, 3.63) is 34.3 Å². The molecule has 5 nitrogen and oxygen atoms in total. The number of hydrogen-bond acceptors (Lipinski definition) is 4. The SMILES string of the molecule is CCc1nc(CC(=O)N2CCC[C@@H](n3ccnc3CC)C2)cs1. The van der Waals surface area contributed by atoms with Gasteiger partial charge in [-0.25, -0.2) is 9.97 Å². The highest BCUT2D eigenvalue weighted by Crippen LogP contribution is 2.23. The van der Waals surface area contributed by atoms with Crippen molar-refractivity contribution in [2.45, 2.75) is 52.0 Å². The van der Waals surface area contributed by atoms with Crippen LogP contribution in [0.5, 0.6) is 0 Å². The van der Waals surface area contributed by atoms with E-state index in [1.807, 2.05) is 22.7 Å². The molecule has 1 aliphatic heterocycles. The Labute approximate surface area is 141 Å². The zero-order chi connectivity index (χ0) is 16.2. The second-order valence-corrected chi connectivity index (χ2v) is 6.95. The van der Waals surface area contributed by atoms with Gasteiger partial charge in [0.1, 0.15) is 5.82 Å². The number of likely N-dealkylation sites (tertiary alicyclic amines) is 1. The Morgan fingerprint density at radius 3 is 3.00 bits per heavy atom. The molecule has 1 aliphatic rings. The third-order valence-corrected chi connectivity index (χ3v) is 5.48. The van der Waals surface area contributed by atoms with Crippen LogP contribution in [0.1, 0.15) is 49.3 Å². The quantitative estimate of drug-likeness (QED) is 0.846. The molecule has 1 atom stereocenters. The fourth-order valence-corrected chi connectivity index (χ4v) is 3.96. The molecule has 1 saturated heterocycles. The van der Waals surface area contributed by atoms with E-state index in [9.17, 15) is 4.79 Å². The molecule has 0 spiro atoms. The second-order valence-electron chi connectivity index (χ2n) is 6.00. The van der Waals surface area contributed by atoms with Gasteiger partial charge in [-0.15, -0.1) is 11.3 Å². The highest BCUT2D eigenvalue weighted by atomic mass is 32.1. The van der Waals surface area contributed by atoms with Crippen molar-refractivity contribution in [1.82, 2.24) is 19.4 Å². The summed E-state index contributed by atoms with van der Waals surface area (Å²) in [6, 6.07) is 0.354. The lowest BCUT2D eigenvalue weighted by molar-refractivity contribution is -0.132. The summed E-state index contributed by atoms with van der Waals surface area (Å²) >= 11 is 1.65. The van der Waals surface area contributed by atoms with Gasteiger partial charge in [-0.05, 0) is 19.3 Å². The van der Waals surface area contributed by atoms with Crippen LogP contribution >= 0.6 is 11.3 Å². The molecule has 1 fully saturated rings. The average Bonchev–Trinajstić information content (AvgIpc) is 3.23. The molecule has 3 heterocycles. The Balaban J connectivity index is 1.64. The summed E-state index contributed by atoms with van der Waals surface area (Å²) in [5.74, 6) is 1.30. The van der Waals surface area contributed by atoms with E-state index in [1.54, 1.807) is 11.3 Å². The summed E-state index contributed by atoms with van der Waals surface area (Å²) in [4.78, 5) is 23.5. The minimum absolute atomic E-state index is 0.195. The molecule has 0 aliphatic carbocycles. The van der Waals surface area contributed by atoms with Crippen LogP contribution in [0.3, 0.4) is 0 Å². The van der Waals surface area contributed by atoms with Crippen LogP contribution in [0.4, 0.5) is 0 Å². The summed E-state index contributed by atoms with van der Waals surface area (Å²) in [6.45, 7) is 5.86. The van der Waals surface area contributed by atoms with E-state index in [0.29, 0.717) is 12.5 Å². The van der Waals surface area contributed by atoms with E-state index in [-0.39, 0.29) is 5.91 Å². The number of imidazole rings is 1. The van der Waals surface area contributed by atoms with E-state index in [2.05, 4.69) is 28.4 Å². The fraction of sp³-hybridized carbons (Fsp3) is 0.588. The molecule has 0 unspecified atom stereocenters. The molecule has 23 heavy (non-hydrogen) atoms. The predicted octanol–water partition coefficient (Wildman–Crippen LogP) is 2.87. The van der Waals surface area contributed by atoms with E-state index < -0.39 is 0 Å². The van der Waals surface area contributed by atoms with Gasteiger partial charge in [0.2, 0.25) is 5.91 Å². The van der Waals surface area contributed by atoms with Gasteiger partial charge in [0.05, 0.1) is 23.2 Å². The number of carbonyl (C=O) groups excluding carboxylic acids is 1. The standard InChI is InChI=1S/C17H24N4OS/c1-3-15-18-7-9-21(15)14-6-5-8-20(11-14)17(22)10-13-12-23-16(4-2)19-13/h7,9,12,14H,3-6,8,10-11H2,1-2H3/t14-/m1/s1. The lowest BCUT2D eigenvalue weighted by atomic mass is 10.0. The lowest BCUT2D eigenvalue weighted by Crippen LogP contribution is -2.41. The van der Waals surface area contributed by atoms with Crippen LogP contribution in [-0.2, 0) is 24.1 Å². The first-order valence-corrected chi connectivity index (χ1v) is 9.32. The molecular formula is C17H24N4OS. The number of aromatic nitrogens is 3. The van der Waals surface area contributed by atoms with Gasteiger partial charge in [-0.1, -0.05) is 13.8 Å². The topological polar surface area (TPSA) is 51.0 Å². The summed E-state index contributed by atoms with van der Waals surface area (Å²) < 4.78 is 2.25. The normalized spacial score (nSPS) is 18.3. The molecule has 6 heteroatoms. The third kappa shape index (κ3) is 3.63. The van der Waals surface area contributed by atoms with Crippen LogP contribution in [0.25, 0.3) is 0 Å². The minimum Gasteiger partial charge on any atom is -0.340 e. The number of thiazole rings is 1. The van der Waals surface area contributed by atoms with Crippen molar-refractivity contribution in [2.24, 2.45) is 0 Å². The lowest BCUT2D eigenvalue weighted by Gasteiger charge is -2.34. The van der Waals surface area contributed by atoms with Gasteiger partial charge >= 0.3 is 0 Å². The maximum absolute atomic E-state index is 12.6. The average molecular weight is 332 g/mol. The molecule has 2 aromatic rings. The molecule has 0 aromatic carbocycles. The summed E-state index contributed by atoms with van der Waals surface area (Å²) in [7, 11) is 0. The van der Waals surface area contributed by atoms with Crippen LogP contribution < -0.4 is 0 Å². The molecule has 0 N–H and O–H groups in total. The molecule has 0 saturated carbocycles. The number of amides is 1. The van der Waals surface area contributed by atoms with Crippen LogP contribution in [0, 0.1) is 0 Å². The van der Waals surface area contributed by atoms with E-state index in [1.165, 1.54) is 0 Å². The van der Waals surface area contributed by atoms with Crippen molar-refractivity contribution in [1.29, 1.82) is 0 Å². The fourth-order valence-electron chi connectivity index (χ4n) is 3.22. The van der Waals surface area contributed by atoms with Crippen LogP contribution in [0.2, 0.25) is 0 Å². The van der Waals surface area contributed by atoms with Crippen molar-refractivity contribution < 1.29 is 4.79 Å². The van der Waals surface area contributed by atoms with Crippen molar-refractivity contribution in [2.75, 3.05) is 13.1 Å². The molecule has 0 bridgehead atoms. The molecule has 124 valence electrons. The van der Waals surface area contributed by atoms with Crippen molar-refractivity contribution >= 4 is 17.2 Å². The van der Waals surface area contributed by atoms with E-state index in [4.69, 9.17) is 0 Å². The van der Waals surface area contributed by atoms with E-state index in [0.717, 1.165) is 55.3 Å². The number of piperidine rings is 1. The molecule has 0 radical (unpaired) electrons. The number of aryl methyl sites for hydroxylation is 2. The van der Waals surface area contributed by atoms with Gasteiger partial charge in [-0.2, -0.15) is 0 Å². The van der Waals surface area contributed by atoms with Crippen molar-refractivity contribution in [3.63, 3.8) is 0 Å². The third-order valence-electron chi connectivity index (χ3n) is 4.44. The van der Waals surface area contributed by atoms with Crippen LogP contribution in [-0.4, -0.2) is 38.4 Å².